The number of likely N-dealkylation sites (N-methyl/N-ethyl adjacent to an activating group) is 1. The van der Waals surface area contributed by atoms with Crippen LogP contribution in [0.4, 0.5) is 5.82 Å². The summed E-state index contributed by atoms with van der Waals surface area (Å²) in [4.78, 5) is 20.0. The van der Waals surface area contributed by atoms with Gasteiger partial charge in [0.1, 0.15) is 12.4 Å². The van der Waals surface area contributed by atoms with Gasteiger partial charge in [0, 0.05) is 26.8 Å². The van der Waals surface area contributed by atoms with Crippen LogP contribution in [0.3, 0.4) is 0 Å². The molecule has 1 aliphatic carbocycles. The molecule has 0 aromatic carbocycles. The molecule has 6 heteroatoms. The number of morpholine rings is 1. The minimum Gasteiger partial charge on any atom is -0.374 e. The molecule has 2 heterocycles. The largest absolute Gasteiger partial charge is 0.374 e. The fourth-order valence-corrected chi connectivity index (χ4v) is 3.44. The zero-order chi connectivity index (χ0) is 16.2. The molecule has 1 saturated heterocycles. The minimum atomic E-state index is 0.00627. The SMILES string of the molecule is CN(C)C(=O)COCC1C[C@@H]2[C@@H](C1)OCCN2c1ccccn1. The average Bonchev–Trinajstić information content (AvgIpc) is 2.98. The summed E-state index contributed by atoms with van der Waals surface area (Å²) in [5.74, 6) is 1.46. The molecular weight excluding hydrogens is 294 g/mol. The van der Waals surface area contributed by atoms with Crippen molar-refractivity contribution < 1.29 is 14.3 Å². The van der Waals surface area contributed by atoms with E-state index >= 15 is 0 Å². The van der Waals surface area contributed by atoms with Crippen LogP contribution in [0.1, 0.15) is 12.8 Å². The number of amides is 1. The van der Waals surface area contributed by atoms with Crippen molar-refractivity contribution in [3.05, 3.63) is 24.4 Å². The number of aromatic nitrogens is 1. The van der Waals surface area contributed by atoms with Crippen molar-refractivity contribution in [2.24, 2.45) is 5.92 Å². The van der Waals surface area contributed by atoms with Gasteiger partial charge in [-0.3, -0.25) is 4.79 Å². The number of rotatable bonds is 5. The summed E-state index contributed by atoms with van der Waals surface area (Å²) in [6.07, 6.45) is 4.09. The lowest BCUT2D eigenvalue weighted by Gasteiger charge is -2.38. The van der Waals surface area contributed by atoms with Crippen LogP contribution in [0.5, 0.6) is 0 Å². The van der Waals surface area contributed by atoms with Crippen molar-refractivity contribution >= 4 is 11.7 Å². The van der Waals surface area contributed by atoms with Crippen LogP contribution in [0.2, 0.25) is 0 Å². The smallest absolute Gasteiger partial charge is 0.248 e. The van der Waals surface area contributed by atoms with Gasteiger partial charge in [-0.05, 0) is 30.9 Å². The molecule has 1 unspecified atom stereocenters. The lowest BCUT2D eigenvalue weighted by molar-refractivity contribution is -0.134. The summed E-state index contributed by atoms with van der Waals surface area (Å²) in [7, 11) is 3.49. The number of anilines is 1. The summed E-state index contributed by atoms with van der Waals surface area (Å²) in [5, 5.41) is 0. The van der Waals surface area contributed by atoms with E-state index in [1.807, 2.05) is 18.3 Å². The summed E-state index contributed by atoms with van der Waals surface area (Å²) in [5.41, 5.74) is 0. The number of hydrogen-bond acceptors (Lipinski definition) is 5. The van der Waals surface area contributed by atoms with Gasteiger partial charge in [-0.15, -0.1) is 0 Å². The summed E-state index contributed by atoms with van der Waals surface area (Å²) >= 11 is 0. The third-order valence-corrected chi connectivity index (χ3v) is 4.66. The van der Waals surface area contributed by atoms with Crippen LogP contribution in [-0.4, -0.2) is 68.4 Å². The zero-order valence-electron chi connectivity index (χ0n) is 13.9. The topological polar surface area (TPSA) is 54.9 Å². The maximum atomic E-state index is 11.6. The van der Waals surface area contributed by atoms with Gasteiger partial charge in [-0.25, -0.2) is 4.98 Å². The van der Waals surface area contributed by atoms with Gasteiger partial charge >= 0.3 is 0 Å². The van der Waals surface area contributed by atoms with Gasteiger partial charge in [0.2, 0.25) is 5.91 Å². The standard InChI is InChI=1S/C17H25N3O3/c1-19(2)17(21)12-22-11-13-9-14-15(10-13)23-8-7-20(14)16-5-3-4-6-18-16/h3-6,13-15H,7-12H2,1-2H3/t13?,14-,15-/m1/s1. The van der Waals surface area contributed by atoms with Gasteiger partial charge in [0.15, 0.2) is 0 Å². The maximum Gasteiger partial charge on any atom is 0.248 e. The Morgan fingerprint density at radius 3 is 3.04 bits per heavy atom. The Labute approximate surface area is 137 Å². The number of nitrogens with zero attached hydrogens (tertiary/aromatic N) is 3. The molecule has 2 fully saturated rings. The van der Waals surface area contributed by atoms with E-state index in [2.05, 4.69) is 16.0 Å². The average molecular weight is 319 g/mol. The van der Waals surface area contributed by atoms with Crippen LogP contribution in [0.15, 0.2) is 24.4 Å². The van der Waals surface area contributed by atoms with E-state index < -0.39 is 0 Å². The van der Waals surface area contributed by atoms with Crippen molar-refractivity contribution in [1.29, 1.82) is 0 Å². The van der Waals surface area contributed by atoms with E-state index in [0.717, 1.165) is 31.8 Å². The number of ether oxygens (including phenoxy) is 2. The number of fused-ring (bicyclic) bond motifs is 1. The van der Waals surface area contributed by atoms with Gasteiger partial charge in [-0.2, -0.15) is 0 Å². The van der Waals surface area contributed by atoms with Crippen molar-refractivity contribution in [3.63, 3.8) is 0 Å². The molecule has 2 aliphatic rings. The Hall–Kier alpha value is -1.66. The molecule has 23 heavy (non-hydrogen) atoms. The fourth-order valence-electron chi connectivity index (χ4n) is 3.44. The van der Waals surface area contributed by atoms with Crippen LogP contribution >= 0.6 is 0 Å². The second kappa shape index (κ2) is 7.27. The molecule has 1 saturated carbocycles. The first-order valence-electron chi connectivity index (χ1n) is 8.22. The lowest BCUT2D eigenvalue weighted by atomic mass is 10.1. The molecular formula is C17H25N3O3. The normalized spacial score (nSPS) is 26.9. The zero-order valence-corrected chi connectivity index (χ0v) is 13.9. The highest BCUT2D eigenvalue weighted by Crippen LogP contribution is 2.36. The molecule has 0 bridgehead atoms. The number of pyridine rings is 1. The van der Waals surface area contributed by atoms with E-state index in [0.29, 0.717) is 18.6 Å². The van der Waals surface area contributed by atoms with Crippen molar-refractivity contribution in [1.82, 2.24) is 9.88 Å². The summed E-state index contributed by atoms with van der Waals surface area (Å²) in [6, 6.07) is 6.38. The van der Waals surface area contributed by atoms with Crippen molar-refractivity contribution in [3.8, 4) is 0 Å². The molecule has 1 amide bonds. The van der Waals surface area contributed by atoms with Gasteiger partial charge in [0.05, 0.1) is 25.4 Å². The molecule has 6 nitrogen and oxygen atoms in total. The molecule has 1 aromatic rings. The number of hydrogen-bond donors (Lipinski definition) is 0. The Morgan fingerprint density at radius 1 is 1.43 bits per heavy atom. The van der Waals surface area contributed by atoms with Gasteiger partial charge < -0.3 is 19.3 Å². The Morgan fingerprint density at radius 2 is 2.30 bits per heavy atom. The van der Waals surface area contributed by atoms with Gasteiger partial charge in [-0.1, -0.05) is 6.07 Å². The molecule has 1 aromatic heterocycles. The number of carbonyl (C=O) groups is 1. The van der Waals surface area contributed by atoms with Crippen LogP contribution in [0.25, 0.3) is 0 Å². The first-order valence-corrected chi connectivity index (χ1v) is 8.22. The predicted octanol–water partition coefficient (Wildman–Crippen LogP) is 1.17. The highest BCUT2D eigenvalue weighted by Gasteiger charge is 2.41. The third kappa shape index (κ3) is 3.82. The van der Waals surface area contributed by atoms with E-state index in [1.54, 1.807) is 19.0 Å². The van der Waals surface area contributed by atoms with Crippen LogP contribution in [-0.2, 0) is 14.3 Å². The molecule has 3 atom stereocenters. The van der Waals surface area contributed by atoms with Crippen molar-refractivity contribution in [2.75, 3.05) is 45.4 Å². The second-order valence-electron chi connectivity index (χ2n) is 6.50. The van der Waals surface area contributed by atoms with Crippen LogP contribution in [0, 0.1) is 5.92 Å². The monoisotopic (exact) mass is 319 g/mol. The number of carbonyl (C=O) groups excluding carboxylic acids is 1. The summed E-state index contributed by atoms with van der Waals surface area (Å²) in [6.45, 7) is 2.39. The van der Waals surface area contributed by atoms with E-state index in [9.17, 15) is 4.79 Å². The van der Waals surface area contributed by atoms with E-state index in [-0.39, 0.29) is 18.6 Å². The van der Waals surface area contributed by atoms with E-state index in [1.165, 1.54) is 0 Å². The first-order chi connectivity index (χ1) is 11.1. The quantitative estimate of drug-likeness (QED) is 0.815. The second-order valence-corrected chi connectivity index (χ2v) is 6.50. The fraction of sp³-hybridized carbons (Fsp3) is 0.647. The highest BCUT2D eigenvalue weighted by molar-refractivity contribution is 5.76. The molecule has 1 aliphatic heterocycles. The first kappa shape index (κ1) is 16.2. The van der Waals surface area contributed by atoms with Gasteiger partial charge in [0.25, 0.3) is 0 Å². The Balaban J connectivity index is 1.55. The minimum absolute atomic E-state index is 0.00627. The van der Waals surface area contributed by atoms with Crippen LogP contribution < -0.4 is 4.90 Å². The molecule has 3 rings (SSSR count). The lowest BCUT2D eigenvalue weighted by Crippen LogP contribution is -2.49. The van der Waals surface area contributed by atoms with E-state index in [4.69, 9.17) is 9.47 Å². The summed E-state index contributed by atoms with van der Waals surface area (Å²) < 4.78 is 11.6. The Bertz CT molecular complexity index is 523. The molecule has 126 valence electrons. The maximum absolute atomic E-state index is 11.6. The molecule has 0 radical (unpaired) electrons. The third-order valence-electron chi connectivity index (χ3n) is 4.66. The Kier molecular flexibility index (Phi) is 5.13. The molecule has 0 spiro atoms. The predicted molar refractivity (Wildman–Crippen MR) is 87.3 cm³/mol. The molecule has 0 N–H and O–H groups in total. The highest BCUT2D eigenvalue weighted by atomic mass is 16.5. The van der Waals surface area contributed by atoms with Crippen molar-refractivity contribution in [2.45, 2.75) is 25.0 Å².